The number of ether oxygens (including phenoxy) is 1. The van der Waals surface area contributed by atoms with Crippen LogP contribution in [0.4, 0.5) is 13.2 Å². The van der Waals surface area contributed by atoms with Crippen LogP contribution in [0, 0.1) is 0 Å². The third-order valence-corrected chi connectivity index (χ3v) is 1.97. The van der Waals surface area contributed by atoms with Gasteiger partial charge in [0.15, 0.2) is 0 Å². The Labute approximate surface area is 105 Å². The predicted molar refractivity (Wildman–Crippen MR) is 62.3 cm³/mol. The summed E-state index contributed by atoms with van der Waals surface area (Å²) in [4.78, 5) is 11.0. The van der Waals surface area contributed by atoms with Crippen molar-refractivity contribution in [3.63, 3.8) is 0 Å². The molecule has 0 unspecified atom stereocenters. The molecule has 18 heavy (non-hydrogen) atoms. The number of amides is 1. The minimum absolute atomic E-state index is 0.0961. The fourth-order valence-corrected chi connectivity index (χ4v) is 1.13. The van der Waals surface area contributed by atoms with Gasteiger partial charge >= 0.3 is 6.18 Å². The summed E-state index contributed by atoms with van der Waals surface area (Å²) in [6, 6.07) is 0. The highest BCUT2D eigenvalue weighted by Gasteiger charge is 2.27. The van der Waals surface area contributed by atoms with E-state index in [1.807, 2.05) is 13.8 Å². The summed E-state index contributed by atoms with van der Waals surface area (Å²) in [5, 5.41) is 4.56. The molecule has 0 aromatic carbocycles. The molecule has 0 aromatic heterocycles. The van der Waals surface area contributed by atoms with Gasteiger partial charge in [-0.05, 0) is 33.2 Å². The molecule has 0 rings (SSSR count). The van der Waals surface area contributed by atoms with Crippen LogP contribution in [0.15, 0.2) is 0 Å². The highest BCUT2D eigenvalue weighted by molar-refractivity contribution is 5.77. The first kappa shape index (κ1) is 17.2. The molecule has 108 valence electrons. The molecule has 0 saturated heterocycles. The van der Waals surface area contributed by atoms with Gasteiger partial charge in [0.1, 0.15) is 6.54 Å². The molecule has 0 aliphatic carbocycles. The average Bonchev–Trinajstić information content (AvgIpc) is 2.23. The fraction of sp³-hybridized carbons (Fsp3) is 0.909. The molecule has 7 heteroatoms. The van der Waals surface area contributed by atoms with Crippen molar-refractivity contribution in [2.45, 2.75) is 39.0 Å². The molecule has 0 bridgehead atoms. The van der Waals surface area contributed by atoms with Crippen LogP contribution in [0.5, 0.6) is 0 Å². The highest BCUT2D eigenvalue weighted by Crippen LogP contribution is 2.11. The Morgan fingerprint density at radius 2 is 1.94 bits per heavy atom. The van der Waals surface area contributed by atoms with E-state index in [1.54, 1.807) is 5.32 Å². The van der Waals surface area contributed by atoms with Crippen LogP contribution in [0.1, 0.15) is 26.7 Å². The van der Waals surface area contributed by atoms with Crippen LogP contribution in [0.2, 0.25) is 0 Å². The molecule has 0 aromatic rings. The zero-order valence-corrected chi connectivity index (χ0v) is 10.8. The molecule has 0 saturated carbocycles. The monoisotopic (exact) mass is 270 g/mol. The summed E-state index contributed by atoms with van der Waals surface area (Å²) in [6.45, 7) is 3.75. The van der Waals surface area contributed by atoms with E-state index in [1.165, 1.54) is 0 Å². The number of nitrogens with one attached hydrogen (secondary N) is 2. The first-order valence-corrected chi connectivity index (χ1v) is 5.97. The van der Waals surface area contributed by atoms with Crippen molar-refractivity contribution in [2.24, 2.45) is 0 Å². The second-order valence-electron chi connectivity index (χ2n) is 4.20. The summed E-state index contributed by atoms with van der Waals surface area (Å²) in [5.74, 6) is -0.647. The van der Waals surface area contributed by atoms with Crippen molar-refractivity contribution in [2.75, 3.05) is 26.2 Å². The van der Waals surface area contributed by atoms with Crippen LogP contribution in [0.25, 0.3) is 0 Å². The Morgan fingerprint density at radius 3 is 2.50 bits per heavy atom. The number of halogens is 3. The van der Waals surface area contributed by atoms with E-state index >= 15 is 0 Å². The largest absolute Gasteiger partial charge is 0.405 e. The topological polar surface area (TPSA) is 50.4 Å². The molecule has 0 heterocycles. The van der Waals surface area contributed by atoms with Crippen LogP contribution in [-0.4, -0.2) is 44.4 Å². The zero-order valence-electron chi connectivity index (χ0n) is 10.8. The Bertz CT molecular complexity index is 233. The number of unbranched alkanes of at least 4 members (excludes halogenated alkanes) is 1. The predicted octanol–water partition coefficient (Wildman–Crippen LogP) is 1.46. The van der Waals surface area contributed by atoms with Crippen LogP contribution >= 0.6 is 0 Å². The average molecular weight is 270 g/mol. The van der Waals surface area contributed by atoms with Crippen LogP contribution < -0.4 is 10.6 Å². The molecular formula is C11H21F3N2O2. The van der Waals surface area contributed by atoms with Gasteiger partial charge in [-0.15, -0.1) is 0 Å². The van der Waals surface area contributed by atoms with Gasteiger partial charge in [0, 0.05) is 6.61 Å². The Morgan fingerprint density at radius 1 is 1.28 bits per heavy atom. The lowest BCUT2D eigenvalue weighted by Gasteiger charge is -2.09. The summed E-state index contributed by atoms with van der Waals surface area (Å²) >= 11 is 0. The number of carbonyl (C=O) groups excluding carboxylic acids is 1. The molecule has 0 radical (unpaired) electrons. The van der Waals surface area contributed by atoms with Crippen LogP contribution in [-0.2, 0) is 9.53 Å². The molecule has 0 spiro atoms. The molecule has 0 aliphatic heterocycles. The van der Waals surface area contributed by atoms with Crippen molar-refractivity contribution in [3.8, 4) is 0 Å². The van der Waals surface area contributed by atoms with Crippen molar-refractivity contribution >= 4 is 5.91 Å². The number of alkyl halides is 3. The van der Waals surface area contributed by atoms with Crippen molar-refractivity contribution in [1.29, 1.82) is 0 Å². The molecule has 0 atom stereocenters. The van der Waals surface area contributed by atoms with E-state index in [9.17, 15) is 18.0 Å². The minimum Gasteiger partial charge on any atom is -0.379 e. The van der Waals surface area contributed by atoms with E-state index in [-0.39, 0.29) is 12.6 Å². The first-order chi connectivity index (χ1) is 8.31. The van der Waals surface area contributed by atoms with Crippen molar-refractivity contribution in [3.05, 3.63) is 0 Å². The maximum absolute atomic E-state index is 11.8. The van der Waals surface area contributed by atoms with Gasteiger partial charge in [0.05, 0.1) is 12.6 Å². The lowest BCUT2D eigenvalue weighted by atomic mass is 10.3. The Hall–Kier alpha value is -0.820. The van der Waals surface area contributed by atoms with Crippen molar-refractivity contribution < 1.29 is 22.7 Å². The molecule has 2 N–H and O–H groups in total. The molecule has 1 amide bonds. The number of hydrogen-bond donors (Lipinski definition) is 2. The van der Waals surface area contributed by atoms with E-state index in [2.05, 4.69) is 5.32 Å². The van der Waals surface area contributed by atoms with E-state index in [0.717, 1.165) is 12.8 Å². The standard InChI is InChI=1S/C11H21F3N2O2/c1-9(2)18-6-4-3-5-15-7-10(17)16-8-11(12,13)14/h9,15H,3-8H2,1-2H3,(H,16,17). The van der Waals surface area contributed by atoms with Gasteiger partial charge in [0.25, 0.3) is 0 Å². The number of hydrogen-bond acceptors (Lipinski definition) is 3. The second-order valence-corrected chi connectivity index (χ2v) is 4.20. The van der Waals surface area contributed by atoms with Gasteiger partial charge in [-0.3, -0.25) is 4.79 Å². The molecular weight excluding hydrogens is 249 g/mol. The summed E-state index contributed by atoms with van der Waals surface area (Å²) < 4.78 is 40.6. The summed E-state index contributed by atoms with van der Waals surface area (Å²) in [5.41, 5.74) is 0. The zero-order chi connectivity index (χ0) is 14.0. The maximum atomic E-state index is 11.8. The smallest absolute Gasteiger partial charge is 0.379 e. The Balaban J connectivity index is 3.31. The minimum atomic E-state index is -4.36. The van der Waals surface area contributed by atoms with Gasteiger partial charge < -0.3 is 15.4 Å². The lowest BCUT2D eigenvalue weighted by Crippen LogP contribution is -2.39. The lowest BCUT2D eigenvalue weighted by molar-refractivity contribution is -0.137. The third kappa shape index (κ3) is 13.2. The van der Waals surface area contributed by atoms with Gasteiger partial charge in [0.2, 0.25) is 5.91 Å². The SMILES string of the molecule is CC(C)OCCCCNCC(=O)NCC(F)(F)F. The summed E-state index contributed by atoms with van der Waals surface area (Å²) in [7, 11) is 0. The normalized spacial score (nSPS) is 11.9. The van der Waals surface area contributed by atoms with Crippen molar-refractivity contribution in [1.82, 2.24) is 10.6 Å². The van der Waals surface area contributed by atoms with E-state index < -0.39 is 18.6 Å². The third-order valence-electron chi connectivity index (χ3n) is 1.97. The van der Waals surface area contributed by atoms with E-state index in [0.29, 0.717) is 13.2 Å². The van der Waals surface area contributed by atoms with Gasteiger partial charge in [-0.1, -0.05) is 0 Å². The molecule has 4 nitrogen and oxygen atoms in total. The number of rotatable bonds is 9. The second kappa shape index (κ2) is 9.16. The van der Waals surface area contributed by atoms with Gasteiger partial charge in [-0.2, -0.15) is 13.2 Å². The van der Waals surface area contributed by atoms with E-state index in [4.69, 9.17) is 4.74 Å². The Kier molecular flexibility index (Phi) is 8.74. The molecule has 0 fully saturated rings. The first-order valence-electron chi connectivity index (χ1n) is 5.97. The fourth-order valence-electron chi connectivity index (χ4n) is 1.13. The quantitative estimate of drug-likeness (QED) is 0.624. The summed E-state index contributed by atoms with van der Waals surface area (Å²) in [6.07, 6.45) is -2.48. The number of carbonyl (C=O) groups is 1. The maximum Gasteiger partial charge on any atom is 0.405 e. The highest BCUT2D eigenvalue weighted by atomic mass is 19.4. The molecule has 0 aliphatic rings. The van der Waals surface area contributed by atoms with Crippen LogP contribution in [0.3, 0.4) is 0 Å². The van der Waals surface area contributed by atoms with Gasteiger partial charge in [-0.25, -0.2) is 0 Å².